The molecular formula is C23H15BrN4. The van der Waals surface area contributed by atoms with Crippen LogP contribution < -0.4 is 0 Å². The molecule has 0 saturated heterocycles. The van der Waals surface area contributed by atoms with Gasteiger partial charge in [0.15, 0.2) is 6.04 Å². The molecule has 4 aromatic rings. The Morgan fingerprint density at radius 3 is 2.21 bits per heavy atom. The van der Waals surface area contributed by atoms with Crippen molar-refractivity contribution in [2.75, 3.05) is 0 Å². The molecule has 28 heavy (non-hydrogen) atoms. The third-order valence-corrected chi connectivity index (χ3v) is 4.99. The normalized spacial score (nSPS) is 12.1. The van der Waals surface area contributed by atoms with E-state index in [0.29, 0.717) is 22.2 Å². The molecule has 1 unspecified atom stereocenters. The van der Waals surface area contributed by atoms with Gasteiger partial charge in [0.05, 0.1) is 19.3 Å². The summed E-state index contributed by atoms with van der Waals surface area (Å²) in [5, 5.41) is 19.4. The number of fused-ring (bicyclic) bond motifs is 1. The first-order chi connectivity index (χ1) is 14.2. The molecule has 0 radical (unpaired) electrons. The van der Waals surface area contributed by atoms with E-state index in [-0.39, 0.29) is 6.17 Å². The second kappa shape index (κ2) is 8.12. The minimum Gasteiger partial charge on any atom is -0.259 e. The van der Waals surface area contributed by atoms with E-state index in [1.54, 1.807) is 6.07 Å². The van der Waals surface area contributed by atoms with Crippen LogP contribution >= 0.6 is 15.9 Å². The van der Waals surface area contributed by atoms with Crippen molar-refractivity contribution in [3.63, 3.8) is 0 Å². The Kier molecular flexibility index (Phi) is 4.87. The number of nitrogens with zero attached hydrogens (tertiary/aromatic N) is 4. The zero-order chi connectivity index (χ0) is 20.2. The number of rotatable bonds is 4. The van der Waals surface area contributed by atoms with Crippen LogP contribution in [0.1, 0.15) is 24.2 Å². The topological polar surface area (TPSA) is 61.9 Å². The van der Waals surface area contributed by atoms with Crippen molar-refractivity contribution in [1.82, 2.24) is 10.2 Å². The molecule has 0 aliphatic heterocycles. The summed E-state index contributed by atoms with van der Waals surface area (Å²) in [6.07, 6.45) is 0.0667. The summed E-state index contributed by atoms with van der Waals surface area (Å²) in [4.78, 5) is 4.80. The molecule has 0 spiro atoms. The van der Waals surface area contributed by atoms with Gasteiger partial charge in [-0.25, -0.2) is 0 Å². The largest absolute Gasteiger partial charge is 0.259 e. The number of halogens is 1. The standard InChI is InChI=1S/C23H15BrN4/c24-19-13-7-12-18-15-26-28-23(21(18)19)20(14-25)27-22(16-8-3-1-4-9-16)17-10-5-2-6-11-17/h1-13,15,20H/i15D. The Hall–Kier alpha value is -3.36. The Morgan fingerprint density at radius 1 is 0.964 bits per heavy atom. The molecule has 5 heteroatoms. The van der Waals surface area contributed by atoms with Crippen LogP contribution in [0.15, 0.2) is 94.5 Å². The minimum absolute atomic E-state index is 0.0667. The predicted molar refractivity (Wildman–Crippen MR) is 114 cm³/mol. The molecule has 0 amide bonds. The monoisotopic (exact) mass is 427 g/mol. The molecule has 4 nitrogen and oxygen atoms in total. The number of hydrogen-bond acceptors (Lipinski definition) is 4. The average Bonchev–Trinajstić information content (AvgIpc) is 2.77. The van der Waals surface area contributed by atoms with Crippen LogP contribution in [0.2, 0.25) is 0 Å². The van der Waals surface area contributed by atoms with E-state index in [1.807, 2.05) is 72.8 Å². The maximum Gasteiger partial charge on any atom is 0.181 e. The SMILES string of the molecule is [2H]c1nnc(C(C#N)N=C(c2ccccc2)c2ccccc2)c2c(Br)cccc12. The summed E-state index contributed by atoms with van der Waals surface area (Å²) in [6.45, 7) is 0. The second-order valence-corrected chi connectivity index (χ2v) is 6.96. The van der Waals surface area contributed by atoms with Gasteiger partial charge in [-0.05, 0) is 6.07 Å². The summed E-state index contributed by atoms with van der Waals surface area (Å²) in [5.41, 5.74) is 2.95. The molecule has 1 atom stereocenters. The van der Waals surface area contributed by atoms with E-state index in [1.165, 1.54) is 0 Å². The van der Waals surface area contributed by atoms with Crippen molar-refractivity contribution in [1.29, 1.82) is 5.26 Å². The maximum atomic E-state index is 9.95. The van der Waals surface area contributed by atoms with E-state index in [9.17, 15) is 5.26 Å². The molecule has 3 aromatic carbocycles. The van der Waals surface area contributed by atoms with Crippen molar-refractivity contribution in [3.8, 4) is 6.07 Å². The van der Waals surface area contributed by atoms with E-state index in [4.69, 9.17) is 6.36 Å². The quantitative estimate of drug-likeness (QED) is 0.404. The zero-order valence-electron chi connectivity index (χ0n) is 15.7. The van der Waals surface area contributed by atoms with Crippen molar-refractivity contribution < 1.29 is 1.37 Å². The molecule has 0 saturated carbocycles. The lowest BCUT2D eigenvalue weighted by Gasteiger charge is -2.12. The Morgan fingerprint density at radius 2 is 1.61 bits per heavy atom. The van der Waals surface area contributed by atoms with E-state index in [2.05, 4.69) is 32.2 Å². The van der Waals surface area contributed by atoms with Crippen LogP contribution in [0.4, 0.5) is 0 Å². The highest BCUT2D eigenvalue weighted by Crippen LogP contribution is 2.30. The maximum absolute atomic E-state index is 9.95. The first kappa shape index (κ1) is 16.8. The lowest BCUT2D eigenvalue weighted by Crippen LogP contribution is -2.08. The van der Waals surface area contributed by atoms with Gasteiger partial charge in [-0.15, -0.1) is 0 Å². The fourth-order valence-electron chi connectivity index (χ4n) is 3.04. The van der Waals surface area contributed by atoms with Gasteiger partial charge in [0.25, 0.3) is 0 Å². The molecule has 0 aliphatic rings. The molecule has 0 fully saturated rings. The van der Waals surface area contributed by atoms with Gasteiger partial charge >= 0.3 is 0 Å². The van der Waals surface area contributed by atoms with Crippen LogP contribution in [-0.2, 0) is 0 Å². The van der Waals surface area contributed by atoms with Crippen molar-refractivity contribution >= 4 is 32.4 Å². The third kappa shape index (κ3) is 3.55. The molecule has 0 bridgehead atoms. The molecule has 0 aliphatic carbocycles. The molecule has 4 rings (SSSR count). The molecule has 0 N–H and O–H groups in total. The predicted octanol–water partition coefficient (Wildman–Crippen LogP) is 5.49. The van der Waals surface area contributed by atoms with Crippen LogP contribution in [0, 0.1) is 11.3 Å². The lowest BCUT2D eigenvalue weighted by molar-refractivity contribution is 0.842. The van der Waals surface area contributed by atoms with Gasteiger partial charge in [0.1, 0.15) is 5.69 Å². The number of hydrogen-bond donors (Lipinski definition) is 0. The first-order valence-electron chi connectivity index (χ1n) is 9.18. The highest BCUT2D eigenvalue weighted by Gasteiger charge is 2.19. The van der Waals surface area contributed by atoms with Crippen molar-refractivity contribution in [3.05, 3.63) is 106 Å². The van der Waals surface area contributed by atoms with Gasteiger partial charge < -0.3 is 0 Å². The van der Waals surface area contributed by atoms with E-state index in [0.717, 1.165) is 15.6 Å². The van der Waals surface area contributed by atoms with Gasteiger partial charge in [0.2, 0.25) is 0 Å². The fraction of sp³-hybridized carbons (Fsp3) is 0.0435. The smallest absolute Gasteiger partial charge is 0.181 e. The molecule has 1 aromatic heterocycles. The van der Waals surface area contributed by atoms with Crippen LogP contribution in [0.25, 0.3) is 10.8 Å². The minimum atomic E-state index is -0.875. The van der Waals surface area contributed by atoms with Crippen LogP contribution in [0.5, 0.6) is 0 Å². The number of benzene rings is 3. The number of aromatic nitrogens is 2. The van der Waals surface area contributed by atoms with Crippen molar-refractivity contribution in [2.24, 2.45) is 4.99 Å². The third-order valence-electron chi connectivity index (χ3n) is 4.33. The average molecular weight is 428 g/mol. The Balaban J connectivity index is 1.94. The van der Waals surface area contributed by atoms with Gasteiger partial charge in [-0.3, -0.25) is 4.99 Å². The summed E-state index contributed by atoms with van der Waals surface area (Å²) in [7, 11) is 0. The van der Waals surface area contributed by atoms with Gasteiger partial charge in [-0.1, -0.05) is 88.7 Å². The lowest BCUT2D eigenvalue weighted by atomic mass is 10.0. The fourth-order valence-corrected chi connectivity index (χ4v) is 3.61. The van der Waals surface area contributed by atoms with E-state index < -0.39 is 6.04 Å². The van der Waals surface area contributed by atoms with Crippen LogP contribution in [-0.4, -0.2) is 15.9 Å². The second-order valence-electron chi connectivity index (χ2n) is 6.10. The summed E-state index contributed by atoms with van der Waals surface area (Å²) < 4.78 is 8.81. The van der Waals surface area contributed by atoms with Gasteiger partial charge in [0, 0.05) is 26.4 Å². The summed E-state index contributed by atoms with van der Waals surface area (Å²) >= 11 is 3.53. The molecule has 134 valence electrons. The van der Waals surface area contributed by atoms with Gasteiger partial charge in [-0.2, -0.15) is 15.5 Å². The first-order valence-corrected chi connectivity index (χ1v) is 9.48. The highest BCUT2D eigenvalue weighted by atomic mass is 79.9. The summed E-state index contributed by atoms with van der Waals surface area (Å²) in [6, 6.07) is 26.4. The Labute approximate surface area is 172 Å². The number of nitriles is 1. The van der Waals surface area contributed by atoms with Crippen molar-refractivity contribution in [2.45, 2.75) is 6.04 Å². The van der Waals surface area contributed by atoms with Crippen LogP contribution in [0.3, 0.4) is 0 Å². The number of aliphatic imine (C=N–C) groups is 1. The Bertz CT molecular complexity index is 1190. The molecule has 1 heterocycles. The highest BCUT2D eigenvalue weighted by molar-refractivity contribution is 9.10. The zero-order valence-corrected chi connectivity index (χ0v) is 16.3. The summed E-state index contributed by atoms with van der Waals surface area (Å²) in [5.74, 6) is 0. The van der Waals surface area contributed by atoms with E-state index >= 15 is 0 Å². The molecular weight excluding hydrogens is 412 g/mol.